The van der Waals surface area contributed by atoms with Crippen LogP contribution in [0.1, 0.15) is 33.3 Å². The molecule has 0 aliphatic rings. The van der Waals surface area contributed by atoms with Crippen LogP contribution in [0.25, 0.3) is 0 Å². The molecule has 0 aliphatic heterocycles. The Morgan fingerprint density at radius 2 is 2.05 bits per heavy atom. The zero-order valence-corrected chi connectivity index (χ0v) is 12.6. The van der Waals surface area contributed by atoms with Gasteiger partial charge in [-0.1, -0.05) is 11.6 Å². The Hall–Kier alpha value is -1.26. The summed E-state index contributed by atoms with van der Waals surface area (Å²) in [5, 5.41) is 0.601. The molecule has 0 aliphatic carbocycles. The van der Waals surface area contributed by atoms with Crippen molar-refractivity contribution in [1.29, 1.82) is 0 Å². The number of benzene rings is 1. The molecule has 0 spiro atoms. The van der Waals surface area contributed by atoms with E-state index >= 15 is 0 Å². The fourth-order valence-corrected chi connectivity index (χ4v) is 1.89. The molecule has 0 unspecified atom stereocenters. The molecular formula is C14H21ClN2O2. The summed E-state index contributed by atoms with van der Waals surface area (Å²) in [5.74, 6) is 0. The molecule has 0 saturated heterocycles. The van der Waals surface area contributed by atoms with Crippen molar-refractivity contribution in [1.82, 2.24) is 0 Å². The van der Waals surface area contributed by atoms with Gasteiger partial charge in [0, 0.05) is 18.1 Å². The Labute approximate surface area is 119 Å². The zero-order chi connectivity index (χ0) is 14.6. The van der Waals surface area contributed by atoms with Crippen LogP contribution in [0.4, 0.5) is 10.5 Å². The minimum absolute atomic E-state index is 0.315. The van der Waals surface area contributed by atoms with E-state index in [0.717, 1.165) is 11.3 Å². The molecule has 1 amide bonds. The van der Waals surface area contributed by atoms with Crippen LogP contribution in [0.5, 0.6) is 0 Å². The first-order valence-corrected chi connectivity index (χ1v) is 6.65. The van der Waals surface area contributed by atoms with E-state index in [1.165, 1.54) is 0 Å². The Morgan fingerprint density at radius 1 is 1.42 bits per heavy atom. The second-order valence-corrected chi connectivity index (χ2v) is 5.64. The maximum absolute atomic E-state index is 12.2. The van der Waals surface area contributed by atoms with Gasteiger partial charge < -0.3 is 10.5 Å². The summed E-state index contributed by atoms with van der Waals surface area (Å²) in [7, 11) is 0. The molecule has 2 N–H and O–H groups in total. The highest BCUT2D eigenvalue weighted by Gasteiger charge is 2.23. The van der Waals surface area contributed by atoms with Crippen molar-refractivity contribution in [2.24, 2.45) is 5.73 Å². The quantitative estimate of drug-likeness (QED) is 0.923. The lowest BCUT2D eigenvalue weighted by Gasteiger charge is -2.28. The number of carbonyl (C=O) groups is 1. The first kappa shape index (κ1) is 15.8. The van der Waals surface area contributed by atoms with Crippen molar-refractivity contribution in [3.05, 3.63) is 28.8 Å². The first-order valence-electron chi connectivity index (χ1n) is 6.27. The monoisotopic (exact) mass is 284 g/mol. The highest BCUT2D eigenvalue weighted by atomic mass is 35.5. The number of hydrogen-bond acceptors (Lipinski definition) is 3. The number of nitrogens with zero attached hydrogens (tertiary/aromatic N) is 1. The van der Waals surface area contributed by atoms with Crippen molar-refractivity contribution in [2.45, 2.75) is 39.8 Å². The highest BCUT2D eigenvalue weighted by molar-refractivity contribution is 6.30. The normalized spacial score (nSPS) is 11.3. The molecule has 0 saturated carbocycles. The van der Waals surface area contributed by atoms with Gasteiger partial charge in [0.15, 0.2) is 0 Å². The van der Waals surface area contributed by atoms with Crippen LogP contribution in [-0.2, 0) is 11.3 Å². The van der Waals surface area contributed by atoms with E-state index in [1.54, 1.807) is 23.1 Å². The van der Waals surface area contributed by atoms with E-state index < -0.39 is 5.60 Å². The summed E-state index contributed by atoms with van der Waals surface area (Å²) >= 11 is 5.94. The maximum Gasteiger partial charge on any atom is 0.414 e. The predicted molar refractivity (Wildman–Crippen MR) is 78.6 cm³/mol. The minimum atomic E-state index is -0.528. The second-order valence-electron chi connectivity index (χ2n) is 5.20. The number of carbonyl (C=O) groups excluding carboxylic acids is 1. The number of halogens is 1. The third-order valence-electron chi connectivity index (χ3n) is 2.48. The van der Waals surface area contributed by atoms with Crippen LogP contribution < -0.4 is 10.6 Å². The lowest BCUT2D eigenvalue weighted by molar-refractivity contribution is 0.0582. The van der Waals surface area contributed by atoms with Gasteiger partial charge in [-0.3, -0.25) is 4.90 Å². The molecule has 0 fully saturated rings. The number of anilines is 1. The minimum Gasteiger partial charge on any atom is -0.443 e. The Bertz CT molecular complexity index is 455. The molecule has 0 heterocycles. The molecule has 1 aromatic rings. The van der Waals surface area contributed by atoms with Gasteiger partial charge in [-0.05, 0) is 51.5 Å². The highest BCUT2D eigenvalue weighted by Crippen LogP contribution is 2.25. The molecule has 19 heavy (non-hydrogen) atoms. The molecule has 0 aromatic heterocycles. The summed E-state index contributed by atoms with van der Waals surface area (Å²) in [4.78, 5) is 13.7. The van der Waals surface area contributed by atoms with Gasteiger partial charge >= 0.3 is 6.09 Å². The van der Waals surface area contributed by atoms with Crippen molar-refractivity contribution < 1.29 is 9.53 Å². The van der Waals surface area contributed by atoms with Gasteiger partial charge in [0.1, 0.15) is 5.60 Å². The largest absolute Gasteiger partial charge is 0.443 e. The number of amides is 1. The summed E-state index contributed by atoms with van der Waals surface area (Å²) in [5.41, 5.74) is 6.73. The summed E-state index contributed by atoms with van der Waals surface area (Å²) in [6, 6.07) is 5.30. The van der Waals surface area contributed by atoms with E-state index in [-0.39, 0.29) is 6.09 Å². The fourth-order valence-electron chi connectivity index (χ4n) is 1.70. The Kier molecular flexibility index (Phi) is 5.20. The Balaban J connectivity index is 3.06. The number of ether oxygens (including phenoxy) is 1. The van der Waals surface area contributed by atoms with Crippen LogP contribution in [-0.4, -0.2) is 18.2 Å². The molecule has 106 valence electrons. The van der Waals surface area contributed by atoms with E-state index in [2.05, 4.69) is 0 Å². The first-order chi connectivity index (χ1) is 8.78. The van der Waals surface area contributed by atoms with Gasteiger partial charge in [-0.15, -0.1) is 0 Å². The molecule has 5 heteroatoms. The molecule has 1 aromatic carbocycles. The molecule has 0 bridgehead atoms. The summed E-state index contributed by atoms with van der Waals surface area (Å²) in [6.45, 7) is 8.22. The van der Waals surface area contributed by atoms with Crippen LogP contribution in [0.15, 0.2) is 18.2 Å². The molecule has 4 nitrogen and oxygen atoms in total. The van der Waals surface area contributed by atoms with Gasteiger partial charge in [0.05, 0.1) is 5.69 Å². The molecule has 0 atom stereocenters. The lowest BCUT2D eigenvalue weighted by Crippen LogP contribution is -2.37. The standard InChI is InChI=1S/C14H21ClN2O2/c1-5-17(13(18)19-14(2,3)4)12-7-6-11(15)8-10(12)9-16/h6-8H,5,9,16H2,1-4H3. The van der Waals surface area contributed by atoms with E-state index in [4.69, 9.17) is 22.1 Å². The topological polar surface area (TPSA) is 55.6 Å². The number of hydrogen-bond donors (Lipinski definition) is 1. The molecule has 0 radical (unpaired) electrons. The second kappa shape index (κ2) is 6.26. The van der Waals surface area contributed by atoms with Crippen molar-refractivity contribution in [2.75, 3.05) is 11.4 Å². The molecular weight excluding hydrogens is 264 g/mol. The van der Waals surface area contributed by atoms with Crippen molar-refractivity contribution in [3.8, 4) is 0 Å². The lowest BCUT2D eigenvalue weighted by atomic mass is 10.1. The van der Waals surface area contributed by atoms with E-state index in [1.807, 2.05) is 27.7 Å². The van der Waals surface area contributed by atoms with E-state index in [9.17, 15) is 4.79 Å². The summed E-state index contributed by atoms with van der Waals surface area (Å²) < 4.78 is 5.39. The van der Waals surface area contributed by atoms with Crippen LogP contribution >= 0.6 is 11.6 Å². The van der Waals surface area contributed by atoms with Crippen molar-refractivity contribution >= 4 is 23.4 Å². The van der Waals surface area contributed by atoms with Crippen molar-refractivity contribution in [3.63, 3.8) is 0 Å². The maximum atomic E-state index is 12.2. The van der Waals surface area contributed by atoms with Crippen LogP contribution in [0, 0.1) is 0 Å². The third kappa shape index (κ3) is 4.40. The third-order valence-corrected chi connectivity index (χ3v) is 2.72. The van der Waals surface area contributed by atoms with E-state index in [0.29, 0.717) is 18.1 Å². The Morgan fingerprint density at radius 3 is 2.53 bits per heavy atom. The van der Waals surface area contributed by atoms with Gasteiger partial charge in [-0.25, -0.2) is 4.79 Å². The van der Waals surface area contributed by atoms with Crippen LogP contribution in [0.3, 0.4) is 0 Å². The fraction of sp³-hybridized carbons (Fsp3) is 0.500. The van der Waals surface area contributed by atoms with Gasteiger partial charge in [-0.2, -0.15) is 0 Å². The predicted octanol–water partition coefficient (Wildman–Crippen LogP) is 3.56. The average Bonchev–Trinajstić information content (AvgIpc) is 2.29. The summed E-state index contributed by atoms with van der Waals surface area (Å²) in [6.07, 6.45) is -0.382. The number of rotatable bonds is 3. The van der Waals surface area contributed by atoms with Gasteiger partial charge in [0.25, 0.3) is 0 Å². The average molecular weight is 285 g/mol. The smallest absolute Gasteiger partial charge is 0.414 e. The number of nitrogens with two attached hydrogens (primary N) is 1. The SMILES string of the molecule is CCN(C(=O)OC(C)(C)C)c1ccc(Cl)cc1CN. The molecule has 1 rings (SSSR count). The van der Waals surface area contributed by atoms with Gasteiger partial charge in [0.2, 0.25) is 0 Å². The van der Waals surface area contributed by atoms with Crippen LogP contribution in [0.2, 0.25) is 5.02 Å². The zero-order valence-electron chi connectivity index (χ0n) is 11.9.